The topological polar surface area (TPSA) is 41.6 Å². The van der Waals surface area contributed by atoms with Crippen LogP contribution in [0.25, 0.3) is 0 Å². The molecule has 1 atom stereocenters. The molecule has 106 valence electrons. The molecule has 1 aliphatic rings. The van der Waals surface area contributed by atoms with Gasteiger partial charge in [0.2, 0.25) is 5.91 Å². The number of carbonyl (C=O) groups is 1. The van der Waals surface area contributed by atoms with Crippen molar-refractivity contribution in [3.8, 4) is 0 Å². The molecule has 1 rings (SSSR count). The van der Waals surface area contributed by atoms with Gasteiger partial charge >= 0.3 is 0 Å². The Labute approximate surface area is 107 Å². The monoisotopic (exact) mass is 264 g/mol. The van der Waals surface area contributed by atoms with Crippen LogP contribution in [0.2, 0.25) is 0 Å². The first-order valence-electron chi connectivity index (χ1n) is 6.50. The lowest BCUT2D eigenvalue weighted by Gasteiger charge is -2.33. The molecule has 1 amide bonds. The number of rotatable bonds is 7. The summed E-state index contributed by atoms with van der Waals surface area (Å²) < 4.78 is 28.4. The molecule has 1 fully saturated rings. The van der Waals surface area contributed by atoms with Crippen molar-refractivity contribution >= 4 is 5.91 Å². The molecule has 0 aromatic carbocycles. The first kappa shape index (κ1) is 15.3. The number of nitrogens with zero attached hydrogens (tertiary/aromatic N) is 1. The first-order valence-corrected chi connectivity index (χ1v) is 6.50. The summed E-state index contributed by atoms with van der Waals surface area (Å²) in [5.41, 5.74) is 0. The number of ether oxygens (including phenoxy) is 1. The predicted molar refractivity (Wildman–Crippen MR) is 64.7 cm³/mol. The third-order valence-corrected chi connectivity index (χ3v) is 2.97. The Morgan fingerprint density at radius 1 is 1.56 bits per heavy atom. The summed E-state index contributed by atoms with van der Waals surface area (Å²) in [4.78, 5) is 13.6. The molecule has 0 bridgehead atoms. The average Bonchev–Trinajstić information content (AvgIpc) is 2.35. The van der Waals surface area contributed by atoms with Crippen molar-refractivity contribution in [3.63, 3.8) is 0 Å². The minimum Gasteiger partial charge on any atom is -0.375 e. The second-order valence-electron chi connectivity index (χ2n) is 4.45. The molecule has 4 nitrogen and oxygen atoms in total. The van der Waals surface area contributed by atoms with Crippen LogP contribution in [0.1, 0.15) is 26.2 Å². The van der Waals surface area contributed by atoms with E-state index in [9.17, 15) is 13.6 Å². The zero-order chi connectivity index (χ0) is 13.4. The van der Waals surface area contributed by atoms with Gasteiger partial charge in [0, 0.05) is 19.1 Å². The zero-order valence-electron chi connectivity index (χ0n) is 10.8. The average molecular weight is 264 g/mol. The van der Waals surface area contributed by atoms with Crippen LogP contribution < -0.4 is 5.32 Å². The van der Waals surface area contributed by atoms with E-state index in [2.05, 4.69) is 5.32 Å². The quantitative estimate of drug-likeness (QED) is 0.704. The first-order chi connectivity index (χ1) is 8.63. The van der Waals surface area contributed by atoms with Crippen LogP contribution in [-0.4, -0.2) is 56.1 Å². The van der Waals surface area contributed by atoms with Crippen molar-refractivity contribution in [1.82, 2.24) is 10.2 Å². The smallest absolute Gasteiger partial charge is 0.261 e. The summed E-state index contributed by atoms with van der Waals surface area (Å²) in [6.45, 7) is 3.89. The highest BCUT2D eigenvalue weighted by molar-refractivity contribution is 5.76. The van der Waals surface area contributed by atoms with Gasteiger partial charge in [-0.1, -0.05) is 6.92 Å². The normalized spacial score (nSPS) is 20.4. The Kier molecular flexibility index (Phi) is 7.12. The molecular weight excluding hydrogens is 242 g/mol. The van der Waals surface area contributed by atoms with Gasteiger partial charge in [0.25, 0.3) is 6.43 Å². The van der Waals surface area contributed by atoms with E-state index < -0.39 is 13.0 Å². The summed E-state index contributed by atoms with van der Waals surface area (Å²) in [5.74, 6) is -0.00753. The molecule has 0 radical (unpaired) electrons. The largest absolute Gasteiger partial charge is 0.375 e. The van der Waals surface area contributed by atoms with Crippen molar-refractivity contribution in [1.29, 1.82) is 0 Å². The number of amides is 1. The van der Waals surface area contributed by atoms with Gasteiger partial charge in [0.1, 0.15) is 6.61 Å². The number of halogens is 2. The van der Waals surface area contributed by atoms with Crippen LogP contribution >= 0.6 is 0 Å². The maximum atomic E-state index is 11.8. The molecule has 0 aromatic heterocycles. The number of alkyl halides is 2. The Balaban J connectivity index is 2.20. The second kappa shape index (κ2) is 8.37. The number of carbonyl (C=O) groups excluding carboxylic acids is 1. The fourth-order valence-corrected chi connectivity index (χ4v) is 2.15. The number of piperidine rings is 1. The summed E-state index contributed by atoms with van der Waals surface area (Å²) in [6.07, 6.45) is -0.208. The molecule has 6 heteroatoms. The Bertz CT molecular complexity index is 250. The van der Waals surface area contributed by atoms with Gasteiger partial charge in [-0.3, -0.25) is 4.79 Å². The van der Waals surface area contributed by atoms with E-state index in [1.54, 1.807) is 4.90 Å². The molecule has 0 spiro atoms. The third kappa shape index (κ3) is 5.73. The van der Waals surface area contributed by atoms with Crippen molar-refractivity contribution in [2.24, 2.45) is 0 Å². The third-order valence-electron chi connectivity index (χ3n) is 2.97. The summed E-state index contributed by atoms with van der Waals surface area (Å²) in [6, 6.07) is 0.356. The SMILES string of the molecule is CCNC1CCCN(C(=O)CCOCC(F)F)C1. The number of hydrogen-bond donors (Lipinski definition) is 1. The fourth-order valence-electron chi connectivity index (χ4n) is 2.15. The van der Waals surface area contributed by atoms with Gasteiger partial charge in [-0.25, -0.2) is 8.78 Å². The van der Waals surface area contributed by atoms with Crippen LogP contribution in [0.5, 0.6) is 0 Å². The summed E-state index contributed by atoms with van der Waals surface area (Å²) in [5, 5.41) is 3.33. The Hall–Kier alpha value is -0.750. The van der Waals surface area contributed by atoms with Gasteiger partial charge < -0.3 is 15.0 Å². The van der Waals surface area contributed by atoms with Gasteiger partial charge in [-0.05, 0) is 19.4 Å². The van der Waals surface area contributed by atoms with Crippen LogP contribution in [0.15, 0.2) is 0 Å². The van der Waals surface area contributed by atoms with E-state index in [1.807, 2.05) is 6.92 Å². The molecule has 1 unspecified atom stereocenters. The van der Waals surface area contributed by atoms with Crippen molar-refractivity contribution in [3.05, 3.63) is 0 Å². The highest BCUT2D eigenvalue weighted by atomic mass is 19.3. The highest BCUT2D eigenvalue weighted by Crippen LogP contribution is 2.11. The molecule has 1 aliphatic heterocycles. The number of likely N-dealkylation sites (N-methyl/N-ethyl adjacent to an activating group) is 1. The molecular formula is C12H22F2N2O2. The number of nitrogens with one attached hydrogen (secondary N) is 1. The van der Waals surface area contributed by atoms with Gasteiger partial charge in [0.05, 0.1) is 13.0 Å². The van der Waals surface area contributed by atoms with E-state index in [1.165, 1.54) is 0 Å². The summed E-state index contributed by atoms with van der Waals surface area (Å²) in [7, 11) is 0. The number of hydrogen-bond acceptors (Lipinski definition) is 3. The van der Waals surface area contributed by atoms with Gasteiger partial charge in [0.15, 0.2) is 0 Å². The molecule has 0 aliphatic carbocycles. The Morgan fingerprint density at radius 2 is 2.33 bits per heavy atom. The molecule has 1 saturated heterocycles. The van der Waals surface area contributed by atoms with Crippen molar-refractivity contribution in [2.45, 2.75) is 38.7 Å². The minimum atomic E-state index is -2.46. The second-order valence-corrected chi connectivity index (χ2v) is 4.45. The summed E-state index contributed by atoms with van der Waals surface area (Å²) >= 11 is 0. The minimum absolute atomic E-state index is 0.00753. The van der Waals surface area contributed by atoms with Crippen LogP contribution in [-0.2, 0) is 9.53 Å². The maximum absolute atomic E-state index is 11.8. The highest BCUT2D eigenvalue weighted by Gasteiger charge is 2.22. The zero-order valence-corrected chi connectivity index (χ0v) is 10.8. The lowest BCUT2D eigenvalue weighted by Crippen LogP contribution is -2.48. The van der Waals surface area contributed by atoms with E-state index >= 15 is 0 Å². The van der Waals surface area contributed by atoms with E-state index in [4.69, 9.17) is 4.74 Å². The van der Waals surface area contributed by atoms with Gasteiger partial charge in [-0.15, -0.1) is 0 Å². The standard InChI is InChI=1S/C12H22F2N2O2/c1-2-15-10-4-3-6-16(8-10)12(17)5-7-18-9-11(13)14/h10-11,15H,2-9H2,1H3. The Morgan fingerprint density at radius 3 is 3.00 bits per heavy atom. The maximum Gasteiger partial charge on any atom is 0.261 e. The molecule has 18 heavy (non-hydrogen) atoms. The predicted octanol–water partition coefficient (Wildman–Crippen LogP) is 1.26. The van der Waals surface area contributed by atoms with Crippen LogP contribution in [0, 0.1) is 0 Å². The number of likely N-dealkylation sites (tertiary alicyclic amines) is 1. The van der Waals surface area contributed by atoms with E-state index in [0.29, 0.717) is 12.6 Å². The van der Waals surface area contributed by atoms with Crippen molar-refractivity contribution in [2.75, 3.05) is 32.8 Å². The van der Waals surface area contributed by atoms with E-state index in [0.717, 1.165) is 25.9 Å². The molecule has 0 saturated carbocycles. The van der Waals surface area contributed by atoms with Crippen LogP contribution in [0.4, 0.5) is 8.78 Å². The fraction of sp³-hybridized carbons (Fsp3) is 0.917. The van der Waals surface area contributed by atoms with Crippen LogP contribution in [0.3, 0.4) is 0 Å². The molecule has 0 aromatic rings. The molecule has 1 heterocycles. The van der Waals surface area contributed by atoms with Crippen molar-refractivity contribution < 1.29 is 18.3 Å². The van der Waals surface area contributed by atoms with E-state index in [-0.39, 0.29) is 18.9 Å². The lowest BCUT2D eigenvalue weighted by molar-refractivity contribution is -0.134. The lowest BCUT2D eigenvalue weighted by atomic mass is 10.1. The van der Waals surface area contributed by atoms with Gasteiger partial charge in [-0.2, -0.15) is 0 Å². The molecule has 1 N–H and O–H groups in total.